The zero-order chi connectivity index (χ0) is 13.1. The maximum Gasteiger partial charge on any atom is 0.157 e. The highest BCUT2D eigenvalue weighted by Gasteiger charge is 2.16. The molecule has 0 radical (unpaired) electrons. The van der Waals surface area contributed by atoms with Crippen molar-refractivity contribution in [1.82, 2.24) is 9.78 Å². The first kappa shape index (κ1) is 14.0. The monoisotopic (exact) mass is 260 g/mol. The molecule has 0 saturated carbocycles. The maximum atomic E-state index is 11.5. The second kappa shape index (κ2) is 5.53. The molecule has 0 aliphatic carbocycles. The van der Waals surface area contributed by atoms with E-state index in [-0.39, 0.29) is 23.7 Å². The molecule has 1 rings (SSSR count). The number of sulfone groups is 1. The van der Waals surface area contributed by atoms with Crippen molar-refractivity contribution in [2.75, 3.05) is 12.4 Å². The number of hydrogen-bond acceptors (Lipinski definition) is 4. The van der Waals surface area contributed by atoms with Crippen molar-refractivity contribution in [3.05, 3.63) is 12.4 Å². The first-order valence-corrected chi connectivity index (χ1v) is 7.43. The van der Waals surface area contributed by atoms with Gasteiger partial charge in [0, 0.05) is 6.04 Å². The van der Waals surface area contributed by atoms with Crippen LogP contribution in [0.5, 0.6) is 5.75 Å². The van der Waals surface area contributed by atoms with Crippen LogP contribution in [-0.2, 0) is 9.84 Å². The van der Waals surface area contributed by atoms with Gasteiger partial charge < -0.3 is 4.74 Å². The Morgan fingerprint density at radius 1 is 1.35 bits per heavy atom. The summed E-state index contributed by atoms with van der Waals surface area (Å²) < 4.78 is 30.2. The fraction of sp³-hybridized carbons (Fsp3) is 0.727. The largest absolute Gasteiger partial charge is 0.489 e. The molecule has 0 unspecified atom stereocenters. The molecular formula is C11H20N2O3S. The molecule has 5 nitrogen and oxygen atoms in total. The molecule has 0 saturated heterocycles. The molecule has 0 spiro atoms. The highest BCUT2D eigenvalue weighted by Crippen LogP contribution is 2.12. The lowest BCUT2D eigenvalue weighted by Crippen LogP contribution is -2.21. The first-order chi connectivity index (χ1) is 7.83. The van der Waals surface area contributed by atoms with Gasteiger partial charge in [-0.05, 0) is 27.7 Å². The third kappa shape index (κ3) is 4.03. The lowest BCUT2D eigenvalue weighted by atomic mass is 10.4. The molecule has 98 valence electrons. The molecule has 6 heteroatoms. The molecule has 17 heavy (non-hydrogen) atoms. The second-order valence-electron chi connectivity index (χ2n) is 4.51. The molecule has 0 N–H and O–H groups in total. The fourth-order valence-electron chi connectivity index (χ4n) is 1.19. The van der Waals surface area contributed by atoms with Crippen LogP contribution in [-0.4, -0.2) is 35.8 Å². The van der Waals surface area contributed by atoms with E-state index in [4.69, 9.17) is 4.74 Å². The fourth-order valence-corrected chi connectivity index (χ4v) is 1.98. The molecule has 1 aromatic heterocycles. The normalized spacial score (nSPS) is 12.4. The van der Waals surface area contributed by atoms with Gasteiger partial charge in [0.15, 0.2) is 15.6 Å². The molecule has 1 heterocycles. The molecule has 0 aliphatic heterocycles. The van der Waals surface area contributed by atoms with Crippen molar-refractivity contribution in [2.24, 2.45) is 0 Å². The molecule has 0 fully saturated rings. The van der Waals surface area contributed by atoms with Crippen LogP contribution in [0.25, 0.3) is 0 Å². The Hall–Kier alpha value is -1.04. The van der Waals surface area contributed by atoms with E-state index < -0.39 is 9.84 Å². The summed E-state index contributed by atoms with van der Waals surface area (Å²) in [5.74, 6) is 0.648. The van der Waals surface area contributed by atoms with Crippen LogP contribution in [0.2, 0.25) is 0 Å². The van der Waals surface area contributed by atoms with E-state index in [2.05, 4.69) is 5.10 Å². The molecule has 0 atom stereocenters. The van der Waals surface area contributed by atoms with E-state index in [0.717, 1.165) is 0 Å². The number of rotatable bonds is 6. The van der Waals surface area contributed by atoms with Crippen molar-refractivity contribution >= 4 is 9.84 Å². The predicted molar refractivity (Wildman–Crippen MR) is 67.0 cm³/mol. The van der Waals surface area contributed by atoms with Gasteiger partial charge in [-0.3, -0.25) is 4.68 Å². The van der Waals surface area contributed by atoms with Crippen LogP contribution >= 0.6 is 0 Å². The van der Waals surface area contributed by atoms with Gasteiger partial charge in [-0.1, -0.05) is 0 Å². The summed E-state index contributed by atoms with van der Waals surface area (Å²) >= 11 is 0. The van der Waals surface area contributed by atoms with Gasteiger partial charge in [0.2, 0.25) is 0 Å². The Morgan fingerprint density at radius 3 is 2.47 bits per heavy atom. The number of aromatic nitrogens is 2. The Labute approximate surface area is 103 Å². The van der Waals surface area contributed by atoms with E-state index in [1.807, 2.05) is 13.8 Å². The highest BCUT2D eigenvalue weighted by atomic mass is 32.2. The lowest BCUT2D eigenvalue weighted by molar-refractivity contribution is 0.339. The Morgan fingerprint density at radius 2 is 2.00 bits per heavy atom. The summed E-state index contributed by atoms with van der Waals surface area (Å²) in [7, 11) is -3.03. The minimum Gasteiger partial charge on any atom is -0.489 e. The SMILES string of the molecule is CC(C)n1cc(OCCS(=O)(=O)C(C)C)cn1. The Bertz CT molecular complexity index is 449. The lowest BCUT2D eigenvalue weighted by Gasteiger charge is -2.08. The summed E-state index contributed by atoms with van der Waals surface area (Å²) in [5, 5.41) is 3.75. The van der Waals surface area contributed by atoms with E-state index in [0.29, 0.717) is 5.75 Å². The molecule has 1 aromatic rings. The molecule has 0 aromatic carbocycles. The molecule has 0 aliphatic rings. The first-order valence-electron chi connectivity index (χ1n) is 5.71. The summed E-state index contributed by atoms with van der Waals surface area (Å²) in [4.78, 5) is 0. The quantitative estimate of drug-likeness (QED) is 0.780. The topological polar surface area (TPSA) is 61.2 Å². The second-order valence-corrected chi connectivity index (χ2v) is 7.19. The zero-order valence-electron chi connectivity index (χ0n) is 10.8. The van der Waals surface area contributed by atoms with E-state index in [1.165, 1.54) is 0 Å². The minimum absolute atomic E-state index is 0.0392. The maximum absolute atomic E-state index is 11.5. The van der Waals surface area contributed by atoms with Gasteiger partial charge in [-0.2, -0.15) is 5.10 Å². The minimum atomic E-state index is -3.03. The van der Waals surface area contributed by atoms with Gasteiger partial charge >= 0.3 is 0 Å². The third-order valence-electron chi connectivity index (χ3n) is 2.46. The van der Waals surface area contributed by atoms with Gasteiger partial charge in [-0.15, -0.1) is 0 Å². The van der Waals surface area contributed by atoms with Crippen LogP contribution < -0.4 is 4.74 Å². The van der Waals surface area contributed by atoms with E-state index >= 15 is 0 Å². The van der Waals surface area contributed by atoms with E-state index in [9.17, 15) is 8.42 Å². The van der Waals surface area contributed by atoms with Gasteiger partial charge in [0.1, 0.15) is 6.61 Å². The summed E-state index contributed by atoms with van der Waals surface area (Å²) in [6, 6.07) is 0.270. The van der Waals surface area contributed by atoms with Crippen LogP contribution in [0.4, 0.5) is 0 Å². The van der Waals surface area contributed by atoms with Gasteiger partial charge in [0.25, 0.3) is 0 Å². The third-order valence-corrected chi connectivity index (χ3v) is 4.63. The zero-order valence-corrected chi connectivity index (χ0v) is 11.6. The van der Waals surface area contributed by atoms with Crippen molar-refractivity contribution in [3.63, 3.8) is 0 Å². The van der Waals surface area contributed by atoms with Crippen LogP contribution in [0, 0.1) is 0 Å². The standard InChI is InChI=1S/C11H20N2O3S/c1-9(2)13-8-11(7-12-13)16-5-6-17(14,15)10(3)4/h7-10H,5-6H2,1-4H3. The van der Waals surface area contributed by atoms with Crippen LogP contribution in [0.1, 0.15) is 33.7 Å². The van der Waals surface area contributed by atoms with Crippen molar-refractivity contribution < 1.29 is 13.2 Å². The average Bonchev–Trinajstić information content (AvgIpc) is 2.66. The number of hydrogen-bond donors (Lipinski definition) is 0. The van der Waals surface area contributed by atoms with E-state index in [1.54, 1.807) is 30.9 Å². The number of ether oxygens (including phenoxy) is 1. The Balaban J connectivity index is 2.46. The van der Waals surface area contributed by atoms with Crippen molar-refractivity contribution in [2.45, 2.75) is 39.0 Å². The van der Waals surface area contributed by atoms with Gasteiger partial charge in [-0.25, -0.2) is 8.42 Å². The molecular weight excluding hydrogens is 240 g/mol. The number of nitrogens with zero attached hydrogens (tertiary/aromatic N) is 2. The highest BCUT2D eigenvalue weighted by molar-refractivity contribution is 7.91. The summed E-state index contributed by atoms with van der Waals surface area (Å²) in [6.45, 7) is 7.54. The summed E-state index contributed by atoms with van der Waals surface area (Å²) in [5.41, 5.74) is 0. The summed E-state index contributed by atoms with van der Waals surface area (Å²) in [6.07, 6.45) is 3.37. The average molecular weight is 260 g/mol. The van der Waals surface area contributed by atoms with Crippen LogP contribution in [0.3, 0.4) is 0 Å². The van der Waals surface area contributed by atoms with Crippen LogP contribution in [0.15, 0.2) is 12.4 Å². The van der Waals surface area contributed by atoms with Crippen molar-refractivity contribution in [3.8, 4) is 5.75 Å². The Kier molecular flexibility index (Phi) is 4.56. The predicted octanol–water partition coefficient (Wildman–Crippen LogP) is 1.67. The van der Waals surface area contributed by atoms with Crippen molar-refractivity contribution in [1.29, 1.82) is 0 Å². The van der Waals surface area contributed by atoms with Gasteiger partial charge in [0.05, 0.1) is 23.4 Å². The smallest absolute Gasteiger partial charge is 0.157 e. The molecule has 0 bridgehead atoms. The molecule has 0 amide bonds.